The largest absolute Gasteiger partial charge is 0.355 e. The Morgan fingerprint density at radius 1 is 0.569 bits per heavy atom. The van der Waals surface area contributed by atoms with Gasteiger partial charge in [-0.05, 0) is 117 Å². The van der Waals surface area contributed by atoms with Crippen LogP contribution in [0.5, 0.6) is 0 Å². The van der Waals surface area contributed by atoms with Gasteiger partial charge in [-0.1, -0.05) is 132 Å². The van der Waals surface area contributed by atoms with Crippen LogP contribution in [0.4, 0.5) is 28.4 Å². The molecule has 0 unspecified atom stereocenters. The molecule has 252 valence electrons. The second-order valence-electron chi connectivity index (χ2n) is 17.1. The first-order valence-corrected chi connectivity index (χ1v) is 18.7. The van der Waals surface area contributed by atoms with Crippen molar-refractivity contribution in [3.8, 4) is 22.3 Å². The Morgan fingerprint density at radius 2 is 1.22 bits per heavy atom. The Morgan fingerprint density at radius 3 is 1.96 bits per heavy atom. The summed E-state index contributed by atoms with van der Waals surface area (Å²) in [6.07, 6.45) is 2.36. The molecule has 2 aliphatic heterocycles. The van der Waals surface area contributed by atoms with Crippen LogP contribution in [0.1, 0.15) is 82.2 Å². The molecule has 0 saturated carbocycles. The van der Waals surface area contributed by atoms with E-state index in [0.717, 1.165) is 13.0 Å². The Kier molecular flexibility index (Phi) is 7.04. The molecule has 0 fully saturated rings. The van der Waals surface area contributed by atoms with Crippen molar-refractivity contribution in [2.75, 3.05) is 10.2 Å². The minimum atomic E-state index is -0.0768. The van der Waals surface area contributed by atoms with E-state index in [4.69, 9.17) is 0 Å². The minimum Gasteiger partial charge on any atom is -0.355 e. The molecule has 0 aromatic heterocycles. The maximum Gasteiger partial charge on any atom is 0.198 e. The van der Waals surface area contributed by atoms with Crippen molar-refractivity contribution in [3.63, 3.8) is 0 Å². The maximum absolute atomic E-state index is 3.97. The lowest BCUT2D eigenvalue weighted by Gasteiger charge is -2.46. The molecular formula is C48H47BN2. The van der Waals surface area contributed by atoms with Gasteiger partial charge in [0.1, 0.15) is 0 Å². The minimum absolute atomic E-state index is 0.0768. The number of nitrogens with one attached hydrogen (secondary N) is 1. The average Bonchev–Trinajstić information content (AvgIpc) is 3.12. The average molecular weight is 663 g/mol. The highest BCUT2D eigenvalue weighted by molar-refractivity contribution is 6.73. The van der Waals surface area contributed by atoms with Gasteiger partial charge in [-0.15, -0.1) is 0 Å². The lowest BCUT2D eigenvalue weighted by atomic mass is 9.55. The van der Waals surface area contributed by atoms with Crippen molar-refractivity contribution < 1.29 is 0 Å². The number of benzene rings is 6. The van der Waals surface area contributed by atoms with Crippen LogP contribution in [0, 0.1) is 6.92 Å². The summed E-state index contributed by atoms with van der Waals surface area (Å²) in [4.78, 5) is 2.58. The highest BCUT2D eigenvalue weighted by Gasteiger charge is 2.42. The molecule has 9 rings (SSSR count). The number of aryl methyl sites for hydroxylation is 1. The van der Waals surface area contributed by atoms with E-state index in [1.807, 2.05) is 0 Å². The summed E-state index contributed by atoms with van der Waals surface area (Å²) in [6, 6.07) is 45.5. The van der Waals surface area contributed by atoms with E-state index in [1.165, 1.54) is 96.6 Å². The summed E-state index contributed by atoms with van der Waals surface area (Å²) in [6.45, 7) is 16.8. The van der Waals surface area contributed by atoms with Crippen molar-refractivity contribution in [1.29, 1.82) is 0 Å². The fourth-order valence-electron chi connectivity index (χ4n) is 9.30. The van der Waals surface area contributed by atoms with Crippen LogP contribution in [0.15, 0.2) is 121 Å². The zero-order valence-corrected chi connectivity index (χ0v) is 31.1. The number of nitrogens with zero attached hydrogens (tertiary/aromatic N) is 1. The van der Waals surface area contributed by atoms with Crippen LogP contribution in [-0.4, -0.2) is 7.28 Å². The first-order valence-electron chi connectivity index (χ1n) is 18.7. The third kappa shape index (κ3) is 5.00. The Labute approximate surface area is 304 Å². The van der Waals surface area contributed by atoms with Gasteiger partial charge in [0.25, 0.3) is 0 Å². The summed E-state index contributed by atoms with van der Waals surface area (Å²) in [7, 11) is 0.903. The van der Waals surface area contributed by atoms with Crippen LogP contribution in [0.25, 0.3) is 22.3 Å². The van der Waals surface area contributed by atoms with E-state index in [2.05, 4.69) is 180 Å². The topological polar surface area (TPSA) is 15.3 Å². The smallest absolute Gasteiger partial charge is 0.198 e. The molecule has 0 amide bonds. The predicted molar refractivity (Wildman–Crippen MR) is 220 cm³/mol. The molecule has 2 nitrogen and oxygen atoms in total. The fourth-order valence-corrected chi connectivity index (χ4v) is 9.30. The first kappa shape index (κ1) is 31.9. The number of para-hydroxylation sites is 2. The summed E-state index contributed by atoms with van der Waals surface area (Å²) < 4.78 is 0. The normalized spacial score (nSPS) is 17.0. The van der Waals surface area contributed by atoms with Gasteiger partial charge in [0.2, 0.25) is 0 Å². The van der Waals surface area contributed by atoms with E-state index in [9.17, 15) is 0 Å². The van der Waals surface area contributed by atoms with Gasteiger partial charge in [0, 0.05) is 33.7 Å². The predicted octanol–water partition coefficient (Wildman–Crippen LogP) is 11.2. The maximum atomic E-state index is 3.97. The fraction of sp³-hybridized carbons (Fsp3) is 0.250. The van der Waals surface area contributed by atoms with Crippen LogP contribution >= 0.6 is 0 Å². The third-order valence-electron chi connectivity index (χ3n) is 12.4. The van der Waals surface area contributed by atoms with Gasteiger partial charge >= 0.3 is 0 Å². The number of rotatable bonds is 4. The van der Waals surface area contributed by atoms with Gasteiger partial charge in [-0.3, -0.25) is 0 Å². The van der Waals surface area contributed by atoms with Gasteiger partial charge in [0.05, 0.1) is 5.69 Å². The van der Waals surface area contributed by atoms with Crippen LogP contribution in [0.3, 0.4) is 0 Å². The highest BCUT2D eigenvalue weighted by Crippen LogP contribution is 2.53. The van der Waals surface area contributed by atoms with E-state index in [-0.39, 0.29) is 16.2 Å². The molecule has 2 heterocycles. The molecule has 0 radical (unpaired) electrons. The standard InChI is InChI=1S/C48H47BN2/c1-30-26-35(44-43(27-30)51-42-19-12-11-16-36(42)48(6,7)37-17-13-18-40(49-44)45(37)51)34-28-38-39(47(4,5)25-24-46(38,2)3)29-41(34)50-33-22-20-32(21-23-33)31-14-9-8-10-15-31/h8-23,26-29,49-50H,24-25H2,1-7H3. The molecular weight excluding hydrogens is 615 g/mol. The molecule has 6 aromatic carbocycles. The molecule has 51 heavy (non-hydrogen) atoms. The lowest BCUT2D eigenvalue weighted by Crippen LogP contribution is -2.45. The molecule has 0 atom stereocenters. The third-order valence-corrected chi connectivity index (χ3v) is 12.4. The van der Waals surface area contributed by atoms with Gasteiger partial charge in [-0.25, -0.2) is 0 Å². The quantitative estimate of drug-likeness (QED) is 0.189. The number of hydrogen-bond donors (Lipinski definition) is 1. The Balaban J connectivity index is 1.26. The van der Waals surface area contributed by atoms with Crippen LogP contribution < -0.4 is 21.1 Å². The number of anilines is 5. The second kappa shape index (κ2) is 11.2. The van der Waals surface area contributed by atoms with Crippen molar-refractivity contribution in [3.05, 3.63) is 149 Å². The Bertz CT molecular complexity index is 2350. The first-order chi connectivity index (χ1) is 24.4. The van der Waals surface area contributed by atoms with Crippen molar-refractivity contribution in [1.82, 2.24) is 0 Å². The van der Waals surface area contributed by atoms with Crippen LogP contribution in [0.2, 0.25) is 0 Å². The molecule has 3 heteroatoms. The van der Waals surface area contributed by atoms with E-state index < -0.39 is 0 Å². The zero-order chi connectivity index (χ0) is 35.3. The molecule has 1 aliphatic carbocycles. The molecule has 0 spiro atoms. The number of fused-ring (bicyclic) bond motifs is 5. The molecule has 0 bridgehead atoms. The molecule has 3 aliphatic rings. The lowest BCUT2D eigenvalue weighted by molar-refractivity contribution is 0.332. The Hall–Kier alpha value is -5.02. The molecule has 6 aromatic rings. The van der Waals surface area contributed by atoms with Crippen molar-refractivity contribution in [2.45, 2.75) is 77.6 Å². The molecule has 1 N–H and O–H groups in total. The summed E-state index contributed by atoms with van der Waals surface area (Å²) in [5, 5.41) is 3.97. The second-order valence-corrected chi connectivity index (χ2v) is 17.1. The molecule has 0 saturated heterocycles. The van der Waals surface area contributed by atoms with Gasteiger partial charge < -0.3 is 10.2 Å². The van der Waals surface area contributed by atoms with Crippen molar-refractivity contribution in [2.24, 2.45) is 0 Å². The van der Waals surface area contributed by atoms with E-state index in [1.54, 1.807) is 0 Å². The zero-order valence-electron chi connectivity index (χ0n) is 31.1. The van der Waals surface area contributed by atoms with Gasteiger partial charge in [0.15, 0.2) is 7.28 Å². The van der Waals surface area contributed by atoms with E-state index in [0.29, 0.717) is 0 Å². The monoisotopic (exact) mass is 662 g/mol. The van der Waals surface area contributed by atoms with Crippen molar-refractivity contribution >= 4 is 46.6 Å². The summed E-state index contributed by atoms with van der Waals surface area (Å²) in [5.41, 5.74) is 21.3. The SMILES string of the molecule is Cc1cc(-c2cc3c(cc2Nc2ccc(-c4ccccc4)cc2)C(C)(C)CCC3(C)C)c2c(c1)N1c3ccccc3C(C)(C)c3cccc(c31)B2. The summed E-state index contributed by atoms with van der Waals surface area (Å²) >= 11 is 0. The highest BCUT2D eigenvalue weighted by atomic mass is 15.2. The van der Waals surface area contributed by atoms with Gasteiger partial charge in [-0.2, -0.15) is 0 Å². The number of hydrogen-bond acceptors (Lipinski definition) is 2. The summed E-state index contributed by atoms with van der Waals surface area (Å²) in [5.74, 6) is 0. The van der Waals surface area contributed by atoms with E-state index >= 15 is 0 Å². The van der Waals surface area contributed by atoms with Crippen LogP contribution in [-0.2, 0) is 16.2 Å².